The highest BCUT2D eigenvalue weighted by Gasteiger charge is 2.34. The van der Waals surface area contributed by atoms with E-state index in [-0.39, 0.29) is 11.3 Å². The first-order valence-corrected chi connectivity index (χ1v) is 8.67. The van der Waals surface area contributed by atoms with Gasteiger partial charge < -0.3 is 10.6 Å². The summed E-state index contributed by atoms with van der Waals surface area (Å²) in [6.07, 6.45) is -1.02. The van der Waals surface area contributed by atoms with Crippen LogP contribution in [0.2, 0.25) is 0 Å². The molecule has 6 nitrogen and oxygen atoms in total. The lowest BCUT2D eigenvalue weighted by molar-refractivity contribution is -0.384. The fraction of sp³-hybridized carbons (Fsp3) is 0.235. The lowest BCUT2D eigenvalue weighted by Crippen LogP contribution is -2.49. The molecule has 0 fully saturated rings. The van der Waals surface area contributed by atoms with Gasteiger partial charge in [-0.1, -0.05) is 46.9 Å². The van der Waals surface area contributed by atoms with Crippen LogP contribution in [-0.4, -0.2) is 20.8 Å². The second-order valence-electron chi connectivity index (χ2n) is 5.71. The van der Waals surface area contributed by atoms with E-state index in [4.69, 9.17) is 34.8 Å². The number of carbonyl (C=O) groups excluding carboxylic acids is 1. The Labute approximate surface area is 165 Å². The number of hydrogen-bond acceptors (Lipinski definition) is 4. The van der Waals surface area contributed by atoms with Gasteiger partial charge in [0.15, 0.2) is 0 Å². The SMILES string of the molecule is Cc1ccc(C)c(NC(NC(=O)c2ccc([N+](=O)[O-])cc2)C(Cl)(Cl)Cl)c1. The third kappa shape index (κ3) is 5.24. The maximum Gasteiger partial charge on any atom is 0.269 e. The molecule has 0 bridgehead atoms. The van der Waals surface area contributed by atoms with E-state index in [9.17, 15) is 14.9 Å². The van der Waals surface area contributed by atoms with Crippen molar-refractivity contribution in [3.63, 3.8) is 0 Å². The summed E-state index contributed by atoms with van der Waals surface area (Å²) in [5.74, 6) is -0.533. The second kappa shape index (κ2) is 8.12. The van der Waals surface area contributed by atoms with Crippen LogP contribution in [0.25, 0.3) is 0 Å². The average Bonchev–Trinajstić information content (AvgIpc) is 2.56. The Balaban J connectivity index is 2.21. The minimum absolute atomic E-state index is 0.118. The number of nitro benzene ring substituents is 1. The van der Waals surface area contributed by atoms with Gasteiger partial charge in [-0.25, -0.2) is 0 Å². The first-order chi connectivity index (χ1) is 12.1. The van der Waals surface area contributed by atoms with E-state index in [0.717, 1.165) is 11.1 Å². The van der Waals surface area contributed by atoms with Gasteiger partial charge in [-0.15, -0.1) is 0 Å². The number of aryl methyl sites for hydroxylation is 2. The summed E-state index contributed by atoms with van der Waals surface area (Å²) in [5.41, 5.74) is 2.72. The van der Waals surface area contributed by atoms with Gasteiger partial charge in [0.25, 0.3) is 11.6 Å². The van der Waals surface area contributed by atoms with Crippen molar-refractivity contribution in [2.24, 2.45) is 0 Å². The lowest BCUT2D eigenvalue weighted by Gasteiger charge is -2.28. The smallest absolute Gasteiger partial charge is 0.269 e. The fourth-order valence-corrected chi connectivity index (χ4v) is 2.52. The Morgan fingerprint density at radius 2 is 1.73 bits per heavy atom. The highest BCUT2D eigenvalue weighted by Crippen LogP contribution is 2.32. The Morgan fingerprint density at radius 1 is 1.12 bits per heavy atom. The van der Waals surface area contributed by atoms with Gasteiger partial charge in [-0.2, -0.15) is 0 Å². The molecule has 0 aromatic heterocycles. The number of nitrogens with one attached hydrogen (secondary N) is 2. The zero-order valence-corrected chi connectivity index (χ0v) is 16.2. The molecule has 9 heteroatoms. The molecule has 0 spiro atoms. The molecule has 2 aromatic rings. The van der Waals surface area contributed by atoms with Crippen LogP contribution >= 0.6 is 34.8 Å². The summed E-state index contributed by atoms with van der Waals surface area (Å²) >= 11 is 18.0. The Morgan fingerprint density at radius 3 is 2.27 bits per heavy atom. The van der Waals surface area contributed by atoms with Gasteiger partial charge in [-0.3, -0.25) is 14.9 Å². The third-order valence-electron chi connectivity index (χ3n) is 3.64. The van der Waals surface area contributed by atoms with Crippen molar-refractivity contribution < 1.29 is 9.72 Å². The number of hydrogen-bond donors (Lipinski definition) is 2. The number of halogens is 3. The van der Waals surface area contributed by atoms with Crippen LogP contribution in [0, 0.1) is 24.0 Å². The standard InChI is InChI=1S/C17H16Cl3N3O3/c1-10-3-4-11(2)14(9-10)21-16(17(18,19)20)22-15(24)12-5-7-13(8-6-12)23(25)26/h3-9,16,21H,1-2H3,(H,22,24). The maximum atomic E-state index is 12.4. The molecule has 2 rings (SSSR count). The number of nitro groups is 1. The Bertz CT molecular complexity index is 820. The van der Waals surface area contributed by atoms with Gasteiger partial charge in [0.2, 0.25) is 3.79 Å². The van der Waals surface area contributed by atoms with E-state index in [1.807, 2.05) is 32.0 Å². The third-order valence-corrected chi connectivity index (χ3v) is 4.29. The molecule has 0 saturated heterocycles. The van der Waals surface area contributed by atoms with Crippen molar-refractivity contribution in [2.45, 2.75) is 23.8 Å². The molecule has 1 amide bonds. The van der Waals surface area contributed by atoms with Crippen LogP contribution in [0.1, 0.15) is 21.5 Å². The number of amides is 1. The van der Waals surface area contributed by atoms with Crippen molar-refractivity contribution in [2.75, 3.05) is 5.32 Å². The number of benzene rings is 2. The molecule has 1 atom stereocenters. The molecule has 0 aliphatic carbocycles. The number of rotatable bonds is 5. The lowest BCUT2D eigenvalue weighted by atomic mass is 10.1. The van der Waals surface area contributed by atoms with Gasteiger partial charge >= 0.3 is 0 Å². The molecule has 0 saturated carbocycles. The van der Waals surface area contributed by atoms with Gasteiger partial charge in [0.05, 0.1) is 4.92 Å². The molecule has 0 radical (unpaired) electrons. The van der Waals surface area contributed by atoms with E-state index in [2.05, 4.69) is 10.6 Å². The average molecular weight is 417 g/mol. The van der Waals surface area contributed by atoms with E-state index in [0.29, 0.717) is 5.69 Å². The van der Waals surface area contributed by atoms with Crippen LogP contribution in [0.3, 0.4) is 0 Å². The van der Waals surface area contributed by atoms with Crippen molar-refractivity contribution >= 4 is 52.1 Å². The minimum atomic E-state index is -1.83. The first-order valence-electron chi connectivity index (χ1n) is 7.54. The predicted octanol–water partition coefficient (Wildman–Crippen LogP) is 4.75. The van der Waals surface area contributed by atoms with Gasteiger partial charge in [-0.05, 0) is 43.2 Å². The van der Waals surface area contributed by atoms with Crippen molar-refractivity contribution in [1.29, 1.82) is 0 Å². The van der Waals surface area contributed by atoms with Crippen LogP contribution in [0.15, 0.2) is 42.5 Å². The zero-order chi connectivity index (χ0) is 19.5. The maximum absolute atomic E-state index is 12.4. The second-order valence-corrected chi connectivity index (χ2v) is 8.08. The molecule has 2 aromatic carbocycles. The summed E-state index contributed by atoms with van der Waals surface area (Å²) < 4.78 is -1.83. The number of non-ortho nitro benzene ring substituents is 1. The molecule has 0 aliphatic heterocycles. The van der Waals surface area contributed by atoms with Gasteiger partial charge in [0, 0.05) is 23.4 Å². The Kier molecular flexibility index (Phi) is 6.34. The quantitative estimate of drug-likeness (QED) is 0.319. The Hall–Kier alpha value is -2.02. The summed E-state index contributed by atoms with van der Waals surface area (Å²) in [5, 5.41) is 16.3. The fourth-order valence-electron chi connectivity index (χ4n) is 2.20. The summed E-state index contributed by atoms with van der Waals surface area (Å²) in [6, 6.07) is 10.9. The van der Waals surface area contributed by atoms with Crippen molar-refractivity contribution in [3.8, 4) is 0 Å². The number of carbonyl (C=O) groups is 1. The topological polar surface area (TPSA) is 84.3 Å². The highest BCUT2D eigenvalue weighted by atomic mass is 35.6. The van der Waals surface area contributed by atoms with Crippen LogP contribution in [0.5, 0.6) is 0 Å². The van der Waals surface area contributed by atoms with Crippen LogP contribution < -0.4 is 10.6 Å². The van der Waals surface area contributed by atoms with Crippen LogP contribution in [-0.2, 0) is 0 Å². The normalized spacial score (nSPS) is 12.3. The summed E-state index contributed by atoms with van der Waals surface area (Å²) in [7, 11) is 0. The monoisotopic (exact) mass is 415 g/mol. The highest BCUT2D eigenvalue weighted by molar-refractivity contribution is 6.68. The molecule has 0 aliphatic rings. The van der Waals surface area contributed by atoms with E-state index >= 15 is 0 Å². The molecule has 138 valence electrons. The minimum Gasteiger partial charge on any atom is -0.362 e. The molecular formula is C17H16Cl3N3O3. The first kappa shape index (κ1) is 20.3. The molecule has 1 unspecified atom stereocenters. The summed E-state index contributed by atoms with van der Waals surface area (Å²) in [6.45, 7) is 3.81. The predicted molar refractivity (Wildman–Crippen MR) is 104 cm³/mol. The van der Waals surface area contributed by atoms with E-state index in [1.54, 1.807) is 0 Å². The number of alkyl halides is 3. The molecule has 0 heterocycles. The van der Waals surface area contributed by atoms with Crippen LogP contribution in [0.4, 0.5) is 11.4 Å². The zero-order valence-electron chi connectivity index (χ0n) is 13.9. The molecule has 26 heavy (non-hydrogen) atoms. The number of anilines is 1. The van der Waals surface area contributed by atoms with Crippen molar-refractivity contribution in [1.82, 2.24) is 5.32 Å². The molecular weight excluding hydrogens is 401 g/mol. The van der Waals surface area contributed by atoms with Gasteiger partial charge in [0.1, 0.15) is 6.17 Å². The largest absolute Gasteiger partial charge is 0.362 e. The number of nitrogens with zero attached hydrogens (tertiary/aromatic N) is 1. The summed E-state index contributed by atoms with van der Waals surface area (Å²) in [4.78, 5) is 22.6. The molecule has 2 N–H and O–H groups in total. The van der Waals surface area contributed by atoms with Crippen molar-refractivity contribution in [3.05, 3.63) is 69.3 Å². The van der Waals surface area contributed by atoms with E-state index < -0.39 is 20.8 Å². The van der Waals surface area contributed by atoms with E-state index in [1.165, 1.54) is 24.3 Å².